The number of hydrogen-bond acceptors (Lipinski definition) is 3. The van der Waals surface area contributed by atoms with Crippen LogP contribution in [0.2, 0.25) is 0 Å². The number of aryl methyl sites for hydroxylation is 2. The van der Waals surface area contributed by atoms with Crippen molar-refractivity contribution in [3.63, 3.8) is 0 Å². The first-order chi connectivity index (χ1) is 17.2. The van der Waals surface area contributed by atoms with E-state index in [-0.39, 0.29) is 17.5 Å². The third-order valence-corrected chi connectivity index (χ3v) is 7.93. The van der Waals surface area contributed by atoms with Crippen LogP contribution in [0, 0.1) is 6.42 Å². The molecule has 3 aromatic rings. The molecule has 1 unspecified atom stereocenters. The first-order valence-electron chi connectivity index (χ1n) is 12.5. The van der Waals surface area contributed by atoms with E-state index in [1.165, 1.54) is 39.2 Å². The molecule has 1 radical (unpaired) electrons. The lowest BCUT2D eigenvalue weighted by molar-refractivity contribution is -0.131. The van der Waals surface area contributed by atoms with E-state index in [0.717, 1.165) is 54.6 Å². The molecule has 0 saturated carbocycles. The predicted octanol–water partition coefficient (Wildman–Crippen LogP) is 6.50. The Morgan fingerprint density at radius 1 is 1.00 bits per heavy atom. The second kappa shape index (κ2) is 7.88. The number of para-hydroxylation sites is 1. The van der Waals surface area contributed by atoms with E-state index in [2.05, 4.69) is 47.8 Å². The summed E-state index contributed by atoms with van der Waals surface area (Å²) in [5.41, 5.74) is 9.11. The minimum atomic E-state index is -0.959. The average molecular weight is 458 g/mol. The summed E-state index contributed by atoms with van der Waals surface area (Å²) in [6.45, 7) is 0. The molecule has 35 heavy (non-hydrogen) atoms. The molecule has 0 bridgehead atoms. The van der Waals surface area contributed by atoms with Crippen LogP contribution in [0.1, 0.15) is 53.0 Å². The minimum Gasteiger partial charge on any atom is -0.478 e. The van der Waals surface area contributed by atoms with E-state index in [1.807, 2.05) is 24.3 Å². The lowest BCUT2D eigenvalue weighted by Crippen LogP contribution is -2.29. The summed E-state index contributed by atoms with van der Waals surface area (Å²) >= 11 is 0. The van der Waals surface area contributed by atoms with Crippen molar-refractivity contribution < 1.29 is 9.90 Å². The number of aliphatic imine (C=N–C) groups is 2. The fourth-order valence-corrected chi connectivity index (χ4v) is 6.33. The quantitative estimate of drug-likeness (QED) is 0.488. The Kier molecular flexibility index (Phi) is 4.63. The van der Waals surface area contributed by atoms with Gasteiger partial charge < -0.3 is 5.11 Å². The molecule has 171 valence electrons. The maximum absolute atomic E-state index is 12.0. The Bertz CT molecular complexity index is 1540. The topological polar surface area (TPSA) is 62.0 Å². The molecular formula is C31H25N2O2. The van der Waals surface area contributed by atoms with Crippen LogP contribution in [0.5, 0.6) is 0 Å². The third kappa shape index (κ3) is 3.16. The number of carbonyl (C=O) groups is 1. The molecule has 0 fully saturated rings. The molecule has 4 aliphatic rings. The maximum Gasteiger partial charge on any atom is 0.337 e. The number of rotatable bonds is 3. The molecular weight excluding hydrogens is 432 g/mol. The van der Waals surface area contributed by atoms with Crippen molar-refractivity contribution >= 4 is 46.0 Å². The molecule has 0 amide bonds. The molecule has 2 atom stereocenters. The monoisotopic (exact) mass is 457 g/mol. The molecule has 0 saturated heterocycles. The molecule has 4 heteroatoms. The van der Waals surface area contributed by atoms with Crippen molar-refractivity contribution in [1.29, 1.82) is 0 Å². The zero-order chi connectivity index (χ0) is 23.5. The van der Waals surface area contributed by atoms with Gasteiger partial charge in [0.1, 0.15) is 0 Å². The van der Waals surface area contributed by atoms with E-state index in [1.54, 1.807) is 0 Å². The van der Waals surface area contributed by atoms with E-state index in [0.29, 0.717) is 0 Å². The van der Waals surface area contributed by atoms with Gasteiger partial charge in [-0.25, -0.2) is 9.79 Å². The number of carboxylic acids is 1. The third-order valence-electron chi connectivity index (χ3n) is 7.93. The van der Waals surface area contributed by atoms with Gasteiger partial charge in [-0.3, -0.25) is 4.99 Å². The van der Waals surface area contributed by atoms with Gasteiger partial charge in [-0.2, -0.15) is 0 Å². The van der Waals surface area contributed by atoms with Crippen LogP contribution in [-0.4, -0.2) is 29.0 Å². The largest absolute Gasteiger partial charge is 0.478 e. The molecule has 2 aliphatic carbocycles. The highest BCUT2D eigenvalue weighted by atomic mass is 16.4. The number of benzene rings is 3. The lowest BCUT2D eigenvalue weighted by Gasteiger charge is -2.30. The predicted molar refractivity (Wildman–Crippen MR) is 142 cm³/mol. The lowest BCUT2D eigenvalue weighted by atomic mass is 9.75. The number of carboxylic acid groups (broad SMARTS) is 1. The highest BCUT2D eigenvalue weighted by molar-refractivity contribution is 6.40. The van der Waals surface area contributed by atoms with Crippen LogP contribution < -0.4 is 0 Å². The summed E-state index contributed by atoms with van der Waals surface area (Å²) in [6, 6.07) is 16.8. The van der Waals surface area contributed by atoms with E-state index < -0.39 is 5.97 Å². The Balaban J connectivity index is 1.27. The summed E-state index contributed by atoms with van der Waals surface area (Å²) in [5, 5.41) is 12.6. The van der Waals surface area contributed by atoms with Gasteiger partial charge in [0.25, 0.3) is 0 Å². The van der Waals surface area contributed by atoms with E-state index in [4.69, 9.17) is 4.99 Å². The van der Waals surface area contributed by atoms with Crippen LogP contribution in [0.4, 0.5) is 5.69 Å². The second-order valence-electron chi connectivity index (χ2n) is 9.83. The smallest absolute Gasteiger partial charge is 0.337 e. The molecule has 3 aromatic carbocycles. The molecule has 1 N–H and O–H groups in total. The first kappa shape index (κ1) is 20.6. The number of allylic oxidation sites excluding steroid dienone is 1. The van der Waals surface area contributed by atoms with Crippen molar-refractivity contribution in [3.8, 4) is 0 Å². The zero-order valence-electron chi connectivity index (χ0n) is 19.4. The molecule has 0 spiro atoms. The Hall–Kier alpha value is -3.79. The average Bonchev–Trinajstić information content (AvgIpc) is 3.28. The highest BCUT2D eigenvalue weighted by Gasteiger charge is 2.36. The van der Waals surface area contributed by atoms with Gasteiger partial charge in [-0.05, 0) is 83.5 Å². The van der Waals surface area contributed by atoms with Gasteiger partial charge in [0, 0.05) is 17.4 Å². The molecule has 0 aromatic heterocycles. The number of aliphatic carboxylic acids is 1. The van der Waals surface area contributed by atoms with Crippen molar-refractivity contribution in [3.05, 3.63) is 94.4 Å². The fourth-order valence-electron chi connectivity index (χ4n) is 6.33. The number of fused-ring (bicyclic) bond motifs is 8. The zero-order valence-corrected chi connectivity index (χ0v) is 19.4. The van der Waals surface area contributed by atoms with Gasteiger partial charge in [-0.1, -0.05) is 54.6 Å². The number of hydrogen-bond donors (Lipinski definition) is 1. The van der Waals surface area contributed by atoms with Crippen molar-refractivity contribution in [2.45, 2.75) is 44.1 Å². The summed E-state index contributed by atoms with van der Waals surface area (Å²) in [7, 11) is 0. The highest BCUT2D eigenvalue weighted by Crippen LogP contribution is 2.44. The Morgan fingerprint density at radius 2 is 1.86 bits per heavy atom. The number of nitrogens with zero attached hydrogens (tertiary/aromatic N) is 2. The Labute approximate surface area is 204 Å². The van der Waals surface area contributed by atoms with E-state index >= 15 is 0 Å². The molecule has 7 rings (SSSR count). The molecule has 2 aliphatic heterocycles. The van der Waals surface area contributed by atoms with Crippen LogP contribution in [-0.2, 0) is 17.6 Å². The van der Waals surface area contributed by atoms with Crippen molar-refractivity contribution in [2.75, 3.05) is 0 Å². The minimum absolute atomic E-state index is 0.229. The maximum atomic E-state index is 12.0. The van der Waals surface area contributed by atoms with Gasteiger partial charge in [0.15, 0.2) is 0 Å². The van der Waals surface area contributed by atoms with Crippen LogP contribution >= 0.6 is 0 Å². The Morgan fingerprint density at radius 3 is 2.77 bits per heavy atom. The second-order valence-corrected chi connectivity index (χ2v) is 9.83. The van der Waals surface area contributed by atoms with Crippen LogP contribution in [0.3, 0.4) is 0 Å². The number of dihydropyridines is 1. The summed E-state index contributed by atoms with van der Waals surface area (Å²) < 4.78 is 0. The van der Waals surface area contributed by atoms with Gasteiger partial charge in [-0.15, -0.1) is 0 Å². The first-order valence-corrected chi connectivity index (χ1v) is 12.5. The van der Waals surface area contributed by atoms with Gasteiger partial charge >= 0.3 is 5.97 Å². The van der Waals surface area contributed by atoms with Gasteiger partial charge in [0.05, 0.1) is 23.0 Å². The van der Waals surface area contributed by atoms with Crippen LogP contribution in [0.25, 0.3) is 22.4 Å². The summed E-state index contributed by atoms with van der Waals surface area (Å²) in [5.74, 6) is -0.695. The molecule has 2 heterocycles. The van der Waals surface area contributed by atoms with Crippen molar-refractivity contribution in [1.82, 2.24) is 0 Å². The fraction of sp³-hybridized carbons (Fsp3) is 0.226. The SMILES string of the molecule is O=C(O)C1=C2C(=Nc3ccccc32)C([CH][C@H]2CCCc3c2ccc2c4c(ccc32)C=CCC4)N=C1. The van der Waals surface area contributed by atoms with Crippen LogP contribution in [0.15, 0.2) is 70.2 Å². The normalized spacial score (nSPS) is 21.9. The van der Waals surface area contributed by atoms with E-state index in [9.17, 15) is 9.90 Å². The van der Waals surface area contributed by atoms with Crippen molar-refractivity contribution in [2.24, 2.45) is 9.98 Å². The molecule has 4 nitrogen and oxygen atoms in total. The summed E-state index contributed by atoms with van der Waals surface area (Å²) in [4.78, 5) is 21.5. The summed E-state index contributed by atoms with van der Waals surface area (Å²) in [6.07, 6.45) is 13.9. The standard InChI is InChI=1S/C31H25N2O2/c34-31(35)26-17-32-28(30-29(26)25-9-3-4-11-27(25)33-30)16-19-7-5-10-22-21(19)14-15-23-20-8-2-1-6-18(20)12-13-24(22)23/h1,3-4,6,9,11-17,19,28H,2,5,7-8,10H2,(H,34,35)/t19-,28?/m1/s1. The van der Waals surface area contributed by atoms with Gasteiger partial charge in [0.2, 0.25) is 0 Å².